The van der Waals surface area contributed by atoms with Crippen LogP contribution in [-0.4, -0.2) is 33.2 Å². The number of likely N-dealkylation sites (tertiary alicyclic amines) is 1. The Morgan fingerprint density at radius 2 is 1.72 bits per heavy atom. The Morgan fingerprint density at radius 3 is 2.17 bits per heavy atom. The predicted octanol–water partition coefficient (Wildman–Crippen LogP) is -0.140. The van der Waals surface area contributed by atoms with Crippen LogP contribution in [0.3, 0.4) is 0 Å². The molecule has 1 heterocycles. The van der Waals surface area contributed by atoms with Crippen LogP contribution in [0.25, 0.3) is 0 Å². The molecule has 1 saturated carbocycles. The standard InChI is InChI=1S/C10H12NO6P/c12-9-7-5-1-2-6(3-5)8(7)10(13)11(9)4-17-18(14,15)16/h1-2,5-8H,3-4H2,(H2,14,15,16). The molecular weight excluding hydrogens is 261 g/mol. The van der Waals surface area contributed by atoms with E-state index in [0.29, 0.717) is 0 Å². The van der Waals surface area contributed by atoms with Crippen molar-refractivity contribution in [1.82, 2.24) is 4.90 Å². The fourth-order valence-corrected chi connectivity index (χ4v) is 3.49. The Hall–Kier alpha value is -1.01. The lowest BCUT2D eigenvalue weighted by Gasteiger charge is -2.17. The number of imide groups is 1. The monoisotopic (exact) mass is 273 g/mol. The maximum absolute atomic E-state index is 12.0. The number of hydrogen-bond donors (Lipinski definition) is 2. The van der Waals surface area contributed by atoms with Crippen molar-refractivity contribution in [3.05, 3.63) is 12.2 Å². The van der Waals surface area contributed by atoms with Gasteiger partial charge in [0.25, 0.3) is 0 Å². The lowest BCUT2D eigenvalue weighted by atomic mass is 9.85. The summed E-state index contributed by atoms with van der Waals surface area (Å²) in [5, 5.41) is 0. The van der Waals surface area contributed by atoms with Crippen molar-refractivity contribution in [2.75, 3.05) is 6.73 Å². The molecule has 0 aromatic carbocycles. The van der Waals surface area contributed by atoms with E-state index in [1.807, 2.05) is 12.2 Å². The van der Waals surface area contributed by atoms with Gasteiger partial charge in [-0.2, -0.15) is 0 Å². The summed E-state index contributed by atoms with van der Waals surface area (Å²) in [4.78, 5) is 42.1. The zero-order valence-electron chi connectivity index (χ0n) is 9.30. The van der Waals surface area contributed by atoms with Crippen molar-refractivity contribution in [1.29, 1.82) is 0 Å². The fourth-order valence-electron chi connectivity index (χ4n) is 3.22. The summed E-state index contributed by atoms with van der Waals surface area (Å²) in [6.07, 6.45) is 4.72. The van der Waals surface area contributed by atoms with Crippen LogP contribution in [0.2, 0.25) is 0 Å². The first-order chi connectivity index (χ1) is 8.38. The van der Waals surface area contributed by atoms with Gasteiger partial charge in [-0.1, -0.05) is 12.2 Å². The van der Waals surface area contributed by atoms with E-state index in [-0.39, 0.29) is 35.5 Å². The SMILES string of the molecule is O=C1C2C3C=CC(C3)C2C(=O)N1COP(=O)(O)O. The molecule has 0 aromatic rings. The molecule has 2 aliphatic carbocycles. The van der Waals surface area contributed by atoms with E-state index in [4.69, 9.17) is 9.79 Å². The number of carbonyl (C=O) groups is 2. The van der Waals surface area contributed by atoms with E-state index in [0.717, 1.165) is 11.3 Å². The van der Waals surface area contributed by atoms with Gasteiger partial charge in [-0.3, -0.25) is 19.0 Å². The van der Waals surface area contributed by atoms with Crippen LogP contribution in [0.1, 0.15) is 6.42 Å². The topological polar surface area (TPSA) is 104 Å². The number of nitrogens with zero attached hydrogens (tertiary/aromatic N) is 1. The summed E-state index contributed by atoms with van der Waals surface area (Å²) in [7, 11) is -4.68. The third-order valence-electron chi connectivity index (χ3n) is 3.92. The van der Waals surface area contributed by atoms with Crippen LogP contribution >= 0.6 is 7.82 Å². The molecule has 18 heavy (non-hydrogen) atoms. The van der Waals surface area contributed by atoms with E-state index in [1.165, 1.54) is 0 Å². The van der Waals surface area contributed by atoms with E-state index >= 15 is 0 Å². The second-order valence-electron chi connectivity index (χ2n) is 4.85. The van der Waals surface area contributed by atoms with Crippen LogP contribution in [0.4, 0.5) is 0 Å². The van der Waals surface area contributed by atoms with Crippen molar-refractivity contribution < 1.29 is 28.5 Å². The maximum atomic E-state index is 12.0. The molecule has 3 aliphatic rings. The molecule has 0 radical (unpaired) electrons. The Labute approximate surface area is 103 Å². The van der Waals surface area contributed by atoms with E-state index < -0.39 is 14.6 Å². The molecule has 2 fully saturated rings. The Kier molecular flexibility index (Phi) is 2.50. The predicted molar refractivity (Wildman–Crippen MR) is 57.6 cm³/mol. The Bertz CT molecular complexity index is 467. The minimum Gasteiger partial charge on any atom is -0.303 e. The van der Waals surface area contributed by atoms with Crippen molar-refractivity contribution in [3.63, 3.8) is 0 Å². The number of amides is 2. The van der Waals surface area contributed by atoms with Crippen molar-refractivity contribution in [2.45, 2.75) is 6.42 Å². The lowest BCUT2D eigenvalue weighted by Crippen LogP contribution is -2.34. The maximum Gasteiger partial charge on any atom is 0.471 e. The highest BCUT2D eigenvalue weighted by Gasteiger charge is 2.59. The van der Waals surface area contributed by atoms with Gasteiger partial charge in [0, 0.05) is 0 Å². The van der Waals surface area contributed by atoms with Crippen molar-refractivity contribution in [3.8, 4) is 0 Å². The van der Waals surface area contributed by atoms with Gasteiger partial charge in [-0.15, -0.1) is 0 Å². The molecule has 0 aromatic heterocycles. The number of rotatable bonds is 3. The van der Waals surface area contributed by atoms with Gasteiger partial charge in [0.15, 0.2) is 0 Å². The summed E-state index contributed by atoms with van der Waals surface area (Å²) < 4.78 is 14.8. The molecule has 2 N–H and O–H groups in total. The number of hydrogen-bond acceptors (Lipinski definition) is 4. The van der Waals surface area contributed by atoms with E-state index in [9.17, 15) is 14.2 Å². The third kappa shape index (κ3) is 1.66. The van der Waals surface area contributed by atoms with Gasteiger partial charge < -0.3 is 9.79 Å². The Morgan fingerprint density at radius 1 is 1.22 bits per heavy atom. The first kappa shape index (κ1) is 12.0. The molecule has 2 bridgehead atoms. The van der Waals surface area contributed by atoms with Gasteiger partial charge >= 0.3 is 7.82 Å². The molecule has 1 aliphatic heterocycles. The number of allylic oxidation sites excluding steroid dienone is 2. The molecule has 4 unspecified atom stereocenters. The highest BCUT2D eigenvalue weighted by Crippen LogP contribution is 2.52. The van der Waals surface area contributed by atoms with Crippen LogP contribution in [-0.2, 0) is 18.7 Å². The summed E-state index contributed by atoms with van der Waals surface area (Å²) in [6, 6.07) is 0. The third-order valence-corrected chi connectivity index (χ3v) is 4.37. The largest absolute Gasteiger partial charge is 0.471 e. The summed E-state index contributed by atoms with van der Waals surface area (Å²) >= 11 is 0. The van der Waals surface area contributed by atoms with E-state index in [2.05, 4.69) is 4.52 Å². The van der Waals surface area contributed by atoms with Gasteiger partial charge in [0.1, 0.15) is 6.73 Å². The van der Waals surface area contributed by atoms with Gasteiger partial charge in [0.05, 0.1) is 11.8 Å². The van der Waals surface area contributed by atoms with E-state index in [1.54, 1.807) is 0 Å². The molecule has 2 amide bonds. The molecule has 98 valence electrons. The molecule has 8 heteroatoms. The van der Waals surface area contributed by atoms with Gasteiger partial charge in [-0.05, 0) is 18.3 Å². The van der Waals surface area contributed by atoms with Crippen molar-refractivity contribution >= 4 is 19.6 Å². The number of phosphoric acid groups is 1. The number of phosphoric ester groups is 1. The smallest absolute Gasteiger partial charge is 0.303 e. The minimum atomic E-state index is -4.68. The van der Waals surface area contributed by atoms with Gasteiger partial charge in [0.2, 0.25) is 11.8 Å². The Balaban J connectivity index is 1.78. The molecule has 1 saturated heterocycles. The van der Waals surface area contributed by atoms with Gasteiger partial charge in [-0.25, -0.2) is 4.57 Å². The highest BCUT2D eigenvalue weighted by molar-refractivity contribution is 7.46. The molecular formula is C10H12NO6P. The first-order valence-corrected chi connectivity index (χ1v) is 7.15. The molecule has 0 spiro atoms. The van der Waals surface area contributed by atoms with Crippen LogP contribution in [0, 0.1) is 23.7 Å². The molecule has 4 atom stereocenters. The zero-order valence-corrected chi connectivity index (χ0v) is 10.2. The normalized spacial score (nSPS) is 37.8. The second-order valence-corrected chi connectivity index (χ2v) is 6.09. The van der Waals surface area contributed by atoms with Crippen molar-refractivity contribution in [2.24, 2.45) is 23.7 Å². The average Bonchev–Trinajstić information content (AvgIpc) is 2.90. The second kappa shape index (κ2) is 3.74. The lowest BCUT2D eigenvalue weighted by molar-refractivity contribution is -0.144. The average molecular weight is 273 g/mol. The number of carbonyl (C=O) groups excluding carboxylic acids is 2. The summed E-state index contributed by atoms with van der Waals surface area (Å²) in [5.74, 6) is -1.33. The quantitative estimate of drug-likeness (QED) is 0.421. The summed E-state index contributed by atoms with van der Waals surface area (Å²) in [5.41, 5.74) is 0. The highest BCUT2D eigenvalue weighted by atomic mass is 31.2. The minimum absolute atomic E-state index is 0.0801. The molecule has 7 nitrogen and oxygen atoms in total. The zero-order chi connectivity index (χ0) is 13.1. The van der Waals surface area contributed by atoms with Crippen LogP contribution < -0.4 is 0 Å². The summed E-state index contributed by atoms with van der Waals surface area (Å²) in [6.45, 7) is -0.672. The van der Waals surface area contributed by atoms with Crippen LogP contribution in [0.5, 0.6) is 0 Å². The van der Waals surface area contributed by atoms with Crippen LogP contribution in [0.15, 0.2) is 12.2 Å². The number of fused-ring (bicyclic) bond motifs is 5. The first-order valence-electron chi connectivity index (χ1n) is 5.62. The fraction of sp³-hybridized carbons (Fsp3) is 0.600. The molecule has 3 rings (SSSR count).